The molecule has 72 valence electrons. The molecule has 3 nitrogen and oxygen atoms in total. The lowest BCUT2D eigenvalue weighted by Gasteiger charge is -2.16. The second-order valence-corrected chi connectivity index (χ2v) is 4.09. The van der Waals surface area contributed by atoms with Crippen molar-refractivity contribution in [2.75, 3.05) is 6.54 Å². The number of rotatable bonds is 1. The molecule has 2 rings (SSSR count). The van der Waals surface area contributed by atoms with E-state index in [0.29, 0.717) is 0 Å². The first-order valence-corrected chi connectivity index (χ1v) is 4.54. The highest BCUT2D eigenvalue weighted by Gasteiger charge is 2.33. The zero-order chi connectivity index (χ0) is 9.47. The Morgan fingerprint density at radius 1 is 1.46 bits per heavy atom. The van der Waals surface area contributed by atoms with Gasteiger partial charge in [0.25, 0.3) is 0 Å². The molecule has 0 aromatic carbocycles. The van der Waals surface area contributed by atoms with Crippen LogP contribution in [0.25, 0.3) is 0 Å². The average Bonchev–Trinajstić information content (AvgIpc) is 2.56. The van der Waals surface area contributed by atoms with Crippen molar-refractivity contribution in [1.29, 1.82) is 0 Å². The molecule has 1 aliphatic rings. The summed E-state index contributed by atoms with van der Waals surface area (Å²) in [5, 5.41) is 3.26. The smallest absolute Gasteiger partial charge is 0.167 e. The largest absolute Gasteiger partial charge is 0.462 e. The normalized spacial score (nSPS) is 26.5. The van der Waals surface area contributed by atoms with E-state index in [1.165, 1.54) is 0 Å². The summed E-state index contributed by atoms with van der Waals surface area (Å²) in [4.78, 5) is 0. The second kappa shape index (κ2) is 2.86. The second-order valence-electron chi connectivity index (χ2n) is 4.09. The van der Waals surface area contributed by atoms with Crippen LogP contribution >= 0.6 is 0 Å². The molecule has 2 heterocycles. The molecule has 0 spiro atoms. The molecular formula is C10H15NO2. The van der Waals surface area contributed by atoms with E-state index in [-0.39, 0.29) is 11.8 Å². The highest BCUT2D eigenvalue weighted by molar-refractivity contribution is 5.09. The summed E-state index contributed by atoms with van der Waals surface area (Å²) < 4.78 is 11.2. The molecule has 1 unspecified atom stereocenters. The van der Waals surface area contributed by atoms with Gasteiger partial charge in [-0.25, -0.2) is 0 Å². The van der Waals surface area contributed by atoms with Crippen molar-refractivity contribution in [3.05, 3.63) is 23.7 Å². The zero-order valence-electron chi connectivity index (χ0n) is 8.26. The Bertz CT molecular complexity index is 304. The fourth-order valence-electron chi connectivity index (χ4n) is 1.49. The van der Waals surface area contributed by atoms with E-state index in [9.17, 15) is 0 Å². The van der Waals surface area contributed by atoms with E-state index in [4.69, 9.17) is 9.15 Å². The number of furan rings is 1. The molecule has 0 amide bonds. The van der Waals surface area contributed by atoms with Gasteiger partial charge in [-0.2, -0.15) is 0 Å². The SMILES string of the molecule is Cc1ccc(C2NCC(C)(C)O2)o1. The van der Waals surface area contributed by atoms with Crippen molar-refractivity contribution < 1.29 is 9.15 Å². The Labute approximate surface area is 78.1 Å². The van der Waals surface area contributed by atoms with Crippen molar-refractivity contribution in [2.45, 2.75) is 32.6 Å². The summed E-state index contributed by atoms with van der Waals surface area (Å²) in [5.41, 5.74) is -0.0919. The lowest BCUT2D eigenvalue weighted by atomic mass is 10.1. The van der Waals surface area contributed by atoms with Gasteiger partial charge >= 0.3 is 0 Å². The van der Waals surface area contributed by atoms with Gasteiger partial charge in [0.15, 0.2) is 6.23 Å². The molecule has 1 aliphatic heterocycles. The number of hydrogen-bond acceptors (Lipinski definition) is 3. The van der Waals surface area contributed by atoms with Crippen LogP contribution in [0, 0.1) is 6.92 Å². The maximum atomic E-state index is 5.74. The van der Waals surface area contributed by atoms with E-state index >= 15 is 0 Å². The number of hydrogen-bond donors (Lipinski definition) is 1. The van der Waals surface area contributed by atoms with Gasteiger partial charge in [-0.05, 0) is 32.9 Å². The minimum atomic E-state index is -0.0919. The third-order valence-corrected chi connectivity index (χ3v) is 2.17. The first-order valence-electron chi connectivity index (χ1n) is 4.54. The van der Waals surface area contributed by atoms with Gasteiger partial charge in [0.1, 0.15) is 11.5 Å². The summed E-state index contributed by atoms with van der Waals surface area (Å²) in [6.45, 7) is 6.92. The summed E-state index contributed by atoms with van der Waals surface area (Å²) in [6, 6.07) is 3.90. The van der Waals surface area contributed by atoms with Crippen molar-refractivity contribution >= 4 is 0 Å². The summed E-state index contributed by atoms with van der Waals surface area (Å²) >= 11 is 0. The molecule has 13 heavy (non-hydrogen) atoms. The van der Waals surface area contributed by atoms with Crippen LogP contribution in [0.1, 0.15) is 31.6 Å². The molecule has 0 radical (unpaired) electrons. The predicted molar refractivity (Wildman–Crippen MR) is 49.4 cm³/mol. The minimum Gasteiger partial charge on any atom is -0.462 e. The number of nitrogens with one attached hydrogen (secondary N) is 1. The fraction of sp³-hybridized carbons (Fsp3) is 0.600. The standard InChI is InChI=1S/C10H15NO2/c1-7-4-5-8(12-7)9-11-6-10(2,3)13-9/h4-5,9,11H,6H2,1-3H3. The molecule has 1 saturated heterocycles. The van der Waals surface area contributed by atoms with E-state index in [0.717, 1.165) is 18.1 Å². The van der Waals surface area contributed by atoms with Crippen molar-refractivity contribution in [1.82, 2.24) is 5.32 Å². The van der Waals surface area contributed by atoms with Gasteiger partial charge in [-0.3, -0.25) is 5.32 Å². The number of aryl methyl sites for hydroxylation is 1. The van der Waals surface area contributed by atoms with Crippen molar-refractivity contribution in [3.8, 4) is 0 Å². The molecule has 0 bridgehead atoms. The van der Waals surface area contributed by atoms with Gasteiger partial charge in [0.05, 0.1) is 5.60 Å². The summed E-state index contributed by atoms with van der Waals surface area (Å²) in [7, 11) is 0. The first kappa shape index (κ1) is 8.78. The van der Waals surface area contributed by atoms with E-state index in [1.54, 1.807) is 0 Å². The van der Waals surface area contributed by atoms with Crippen molar-refractivity contribution in [3.63, 3.8) is 0 Å². The lowest BCUT2D eigenvalue weighted by molar-refractivity contribution is -0.0253. The maximum absolute atomic E-state index is 5.74. The first-order chi connectivity index (χ1) is 6.07. The Morgan fingerprint density at radius 3 is 2.69 bits per heavy atom. The Balaban J connectivity index is 2.12. The van der Waals surface area contributed by atoms with Crippen LogP contribution in [-0.2, 0) is 4.74 Å². The van der Waals surface area contributed by atoms with Crippen molar-refractivity contribution in [2.24, 2.45) is 0 Å². The van der Waals surface area contributed by atoms with Gasteiger partial charge < -0.3 is 9.15 Å². The molecule has 1 atom stereocenters. The predicted octanol–water partition coefficient (Wildman–Crippen LogP) is 1.99. The summed E-state index contributed by atoms with van der Waals surface area (Å²) in [6.07, 6.45) is -0.0799. The molecule has 0 aliphatic carbocycles. The zero-order valence-corrected chi connectivity index (χ0v) is 8.26. The lowest BCUT2D eigenvalue weighted by Crippen LogP contribution is -2.23. The Hall–Kier alpha value is -0.800. The van der Waals surface area contributed by atoms with Crippen LogP contribution in [-0.4, -0.2) is 12.1 Å². The minimum absolute atomic E-state index is 0.0799. The Kier molecular flexibility index (Phi) is 1.93. The van der Waals surface area contributed by atoms with E-state index in [2.05, 4.69) is 19.2 Å². The average molecular weight is 181 g/mol. The van der Waals surface area contributed by atoms with Crippen LogP contribution in [0.3, 0.4) is 0 Å². The topological polar surface area (TPSA) is 34.4 Å². The highest BCUT2D eigenvalue weighted by Crippen LogP contribution is 2.28. The molecule has 1 N–H and O–H groups in total. The van der Waals surface area contributed by atoms with Crippen LogP contribution in [0.15, 0.2) is 16.5 Å². The third kappa shape index (κ3) is 1.76. The van der Waals surface area contributed by atoms with Gasteiger partial charge in [0, 0.05) is 6.54 Å². The van der Waals surface area contributed by atoms with Crippen LogP contribution in [0.5, 0.6) is 0 Å². The number of ether oxygens (including phenoxy) is 1. The monoisotopic (exact) mass is 181 g/mol. The van der Waals surface area contributed by atoms with Gasteiger partial charge in [-0.1, -0.05) is 0 Å². The van der Waals surface area contributed by atoms with Crippen LogP contribution in [0.4, 0.5) is 0 Å². The van der Waals surface area contributed by atoms with Gasteiger partial charge in [-0.15, -0.1) is 0 Å². The molecule has 1 fully saturated rings. The highest BCUT2D eigenvalue weighted by atomic mass is 16.5. The molecule has 3 heteroatoms. The quantitative estimate of drug-likeness (QED) is 0.719. The molecular weight excluding hydrogens is 166 g/mol. The van der Waals surface area contributed by atoms with Gasteiger partial charge in [0.2, 0.25) is 0 Å². The van der Waals surface area contributed by atoms with E-state index in [1.807, 2.05) is 19.1 Å². The summed E-state index contributed by atoms with van der Waals surface area (Å²) in [5.74, 6) is 1.79. The van der Waals surface area contributed by atoms with Crippen LogP contribution < -0.4 is 5.32 Å². The Morgan fingerprint density at radius 2 is 2.23 bits per heavy atom. The molecule has 1 aromatic rings. The fourth-order valence-corrected chi connectivity index (χ4v) is 1.49. The molecule has 0 saturated carbocycles. The maximum Gasteiger partial charge on any atom is 0.167 e. The molecule has 1 aromatic heterocycles. The van der Waals surface area contributed by atoms with E-state index < -0.39 is 0 Å². The van der Waals surface area contributed by atoms with Crippen LogP contribution in [0.2, 0.25) is 0 Å². The third-order valence-electron chi connectivity index (χ3n) is 2.17.